The Kier molecular flexibility index (Phi) is 5.55. The van der Waals surface area contributed by atoms with Gasteiger partial charge in [0.2, 0.25) is 0 Å². The van der Waals surface area contributed by atoms with Crippen LogP contribution in [-0.2, 0) is 5.41 Å². The Bertz CT molecular complexity index is 705. The molecule has 0 aliphatic carbocycles. The summed E-state index contributed by atoms with van der Waals surface area (Å²) in [6.45, 7) is 10.8. The molecule has 0 aliphatic heterocycles. The van der Waals surface area contributed by atoms with Gasteiger partial charge in [0.25, 0.3) is 5.91 Å². The number of hydrogen-bond donors (Lipinski definition) is 1. The second kappa shape index (κ2) is 7.43. The molecule has 1 amide bonds. The summed E-state index contributed by atoms with van der Waals surface area (Å²) in [4.78, 5) is 12.1. The number of nitrogens with one attached hydrogen (secondary N) is 1. The molecule has 2 aromatic carbocycles. The molecular formula is C21H26N2O. The first-order valence-corrected chi connectivity index (χ1v) is 8.31. The molecule has 0 fully saturated rings. The molecule has 0 unspecified atom stereocenters. The lowest BCUT2D eigenvalue weighted by Gasteiger charge is -2.18. The summed E-state index contributed by atoms with van der Waals surface area (Å²) in [7, 11) is 0. The maximum Gasteiger partial charge on any atom is 0.271 e. The molecule has 0 heterocycles. The van der Waals surface area contributed by atoms with Crippen molar-refractivity contribution in [2.24, 2.45) is 5.10 Å². The van der Waals surface area contributed by atoms with E-state index in [0.29, 0.717) is 11.5 Å². The normalized spacial score (nSPS) is 11.9. The standard InChI is InChI=1S/C21H26N2O/c1-15(2)17-8-6-16(7-9-17)14-22-23-20(24)18-10-12-19(13-11-18)21(3,4)5/h6-15H,1-5H3,(H,23,24). The highest BCUT2D eigenvalue weighted by Crippen LogP contribution is 2.22. The Morgan fingerprint density at radius 1 is 1.00 bits per heavy atom. The average Bonchev–Trinajstić information content (AvgIpc) is 2.54. The second-order valence-electron chi connectivity index (χ2n) is 7.35. The van der Waals surface area contributed by atoms with Gasteiger partial charge in [-0.2, -0.15) is 5.10 Å². The van der Waals surface area contributed by atoms with Gasteiger partial charge < -0.3 is 0 Å². The van der Waals surface area contributed by atoms with Gasteiger partial charge in [-0.1, -0.05) is 71.0 Å². The van der Waals surface area contributed by atoms with Crippen molar-refractivity contribution in [3.63, 3.8) is 0 Å². The minimum Gasteiger partial charge on any atom is -0.267 e. The van der Waals surface area contributed by atoms with Crippen LogP contribution in [0.1, 0.15) is 67.6 Å². The van der Waals surface area contributed by atoms with Gasteiger partial charge in [-0.05, 0) is 40.2 Å². The highest BCUT2D eigenvalue weighted by Gasteiger charge is 2.14. The summed E-state index contributed by atoms with van der Waals surface area (Å²) in [6.07, 6.45) is 1.66. The summed E-state index contributed by atoms with van der Waals surface area (Å²) in [5.74, 6) is 0.303. The molecule has 2 aromatic rings. The van der Waals surface area contributed by atoms with Crippen molar-refractivity contribution in [2.75, 3.05) is 0 Å². The second-order valence-corrected chi connectivity index (χ2v) is 7.35. The zero-order valence-corrected chi connectivity index (χ0v) is 15.1. The van der Waals surface area contributed by atoms with Gasteiger partial charge in [0.1, 0.15) is 0 Å². The average molecular weight is 322 g/mol. The van der Waals surface area contributed by atoms with E-state index in [0.717, 1.165) is 5.56 Å². The van der Waals surface area contributed by atoms with Gasteiger partial charge in [0, 0.05) is 5.56 Å². The number of carbonyl (C=O) groups is 1. The van der Waals surface area contributed by atoms with Crippen LogP contribution in [0, 0.1) is 0 Å². The van der Waals surface area contributed by atoms with E-state index in [1.54, 1.807) is 6.21 Å². The fourth-order valence-electron chi connectivity index (χ4n) is 2.32. The molecule has 0 bridgehead atoms. The van der Waals surface area contributed by atoms with Gasteiger partial charge >= 0.3 is 0 Å². The third kappa shape index (κ3) is 4.79. The lowest BCUT2D eigenvalue weighted by Crippen LogP contribution is -2.18. The SMILES string of the molecule is CC(C)c1ccc(C=NNC(=O)c2ccc(C(C)(C)C)cc2)cc1. The third-order valence-electron chi connectivity index (χ3n) is 4.00. The highest BCUT2D eigenvalue weighted by molar-refractivity contribution is 5.94. The van der Waals surface area contributed by atoms with Crippen LogP contribution in [-0.4, -0.2) is 12.1 Å². The predicted octanol–water partition coefficient (Wildman–Crippen LogP) is 4.87. The minimum atomic E-state index is -0.203. The van der Waals surface area contributed by atoms with E-state index in [2.05, 4.69) is 57.3 Å². The van der Waals surface area contributed by atoms with Crippen LogP contribution < -0.4 is 5.43 Å². The molecule has 1 N–H and O–H groups in total. The van der Waals surface area contributed by atoms with Gasteiger partial charge in [0.15, 0.2) is 0 Å². The quantitative estimate of drug-likeness (QED) is 0.633. The first-order chi connectivity index (χ1) is 11.3. The molecule has 0 aromatic heterocycles. The van der Waals surface area contributed by atoms with Crippen LogP contribution in [0.4, 0.5) is 0 Å². The van der Waals surface area contributed by atoms with Crippen molar-refractivity contribution in [3.05, 3.63) is 70.8 Å². The van der Waals surface area contributed by atoms with Crippen LogP contribution in [0.25, 0.3) is 0 Å². The summed E-state index contributed by atoms with van der Waals surface area (Å²) >= 11 is 0. The summed E-state index contributed by atoms with van der Waals surface area (Å²) in [5.41, 5.74) is 6.71. The Morgan fingerprint density at radius 3 is 2.08 bits per heavy atom. The molecule has 126 valence electrons. The summed E-state index contributed by atoms with van der Waals surface area (Å²) in [6, 6.07) is 15.8. The van der Waals surface area contributed by atoms with E-state index in [-0.39, 0.29) is 11.3 Å². The molecule has 0 aliphatic rings. The first-order valence-electron chi connectivity index (χ1n) is 8.31. The Balaban J connectivity index is 1.97. The van der Waals surface area contributed by atoms with Crippen molar-refractivity contribution in [1.82, 2.24) is 5.43 Å². The zero-order valence-electron chi connectivity index (χ0n) is 15.1. The fourth-order valence-corrected chi connectivity index (χ4v) is 2.32. The molecule has 2 rings (SSSR count). The van der Waals surface area contributed by atoms with Crippen molar-refractivity contribution in [3.8, 4) is 0 Å². The van der Waals surface area contributed by atoms with Crippen LogP contribution in [0.15, 0.2) is 53.6 Å². The number of nitrogens with zero attached hydrogens (tertiary/aromatic N) is 1. The molecule has 0 saturated heterocycles. The largest absolute Gasteiger partial charge is 0.271 e. The van der Waals surface area contributed by atoms with Crippen LogP contribution in [0.2, 0.25) is 0 Å². The smallest absolute Gasteiger partial charge is 0.267 e. The lowest BCUT2D eigenvalue weighted by atomic mass is 9.87. The molecule has 24 heavy (non-hydrogen) atoms. The van der Waals surface area contributed by atoms with Gasteiger partial charge in [0.05, 0.1) is 6.21 Å². The number of hydrazone groups is 1. The molecule has 0 atom stereocenters. The number of hydrogen-bond acceptors (Lipinski definition) is 2. The number of benzene rings is 2. The summed E-state index contributed by atoms with van der Waals surface area (Å²) < 4.78 is 0. The maximum atomic E-state index is 12.1. The predicted molar refractivity (Wildman–Crippen MR) is 101 cm³/mol. The van der Waals surface area contributed by atoms with Crippen LogP contribution in [0.3, 0.4) is 0 Å². The van der Waals surface area contributed by atoms with Crippen LogP contribution in [0.5, 0.6) is 0 Å². The Labute approximate surface area is 144 Å². The molecule has 3 heteroatoms. The molecule has 0 spiro atoms. The van der Waals surface area contributed by atoms with Gasteiger partial charge in [-0.25, -0.2) is 5.43 Å². The molecule has 0 radical (unpaired) electrons. The lowest BCUT2D eigenvalue weighted by molar-refractivity contribution is 0.0955. The van der Waals surface area contributed by atoms with Crippen molar-refractivity contribution < 1.29 is 4.79 Å². The van der Waals surface area contributed by atoms with E-state index in [1.807, 2.05) is 36.4 Å². The molecular weight excluding hydrogens is 296 g/mol. The fraction of sp³-hybridized carbons (Fsp3) is 0.333. The highest BCUT2D eigenvalue weighted by atomic mass is 16.2. The van der Waals surface area contributed by atoms with Gasteiger partial charge in [-0.3, -0.25) is 4.79 Å². The maximum absolute atomic E-state index is 12.1. The topological polar surface area (TPSA) is 41.5 Å². The van der Waals surface area contributed by atoms with Crippen LogP contribution >= 0.6 is 0 Å². The minimum absolute atomic E-state index is 0.0787. The number of carbonyl (C=O) groups excluding carboxylic acids is 1. The molecule has 0 saturated carbocycles. The Morgan fingerprint density at radius 2 is 1.58 bits per heavy atom. The zero-order chi connectivity index (χ0) is 17.7. The van der Waals surface area contributed by atoms with E-state index in [4.69, 9.17) is 0 Å². The van der Waals surface area contributed by atoms with Gasteiger partial charge in [-0.15, -0.1) is 0 Å². The monoisotopic (exact) mass is 322 g/mol. The summed E-state index contributed by atoms with van der Waals surface area (Å²) in [5, 5.41) is 4.04. The Hall–Kier alpha value is -2.42. The van der Waals surface area contributed by atoms with Crippen molar-refractivity contribution in [1.29, 1.82) is 0 Å². The first kappa shape index (κ1) is 17.9. The van der Waals surface area contributed by atoms with Crippen molar-refractivity contribution in [2.45, 2.75) is 46.0 Å². The van der Waals surface area contributed by atoms with E-state index >= 15 is 0 Å². The molecule has 3 nitrogen and oxygen atoms in total. The van der Waals surface area contributed by atoms with E-state index < -0.39 is 0 Å². The number of rotatable bonds is 4. The van der Waals surface area contributed by atoms with Crippen molar-refractivity contribution >= 4 is 12.1 Å². The number of amides is 1. The van der Waals surface area contributed by atoms with E-state index in [1.165, 1.54) is 11.1 Å². The third-order valence-corrected chi connectivity index (χ3v) is 4.00. The van der Waals surface area contributed by atoms with E-state index in [9.17, 15) is 4.79 Å².